The molecule has 0 aliphatic heterocycles. The van der Waals surface area contributed by atoms with E-state index < -0.39 is 5.97 Å². The Bertz CT molecular complexity index is 922. The van der Waals surface area contributed by atoms with Crippen LogP contribution < -0.4 is 0 Å². The van der Waals surface area contributed by atoms with E-state index in [1.54, 1.807) is 28.8 Å². The van der Waals surface area contributed by atoms with E-state index in [0.717, 1.165) is 20.9 Å². The van der Waals surface area contributed by atoms with Crippen molar-refractivity contribution in [2.45, 2.75) is 6.54 Å². The van der Waals surface area contributed by atoms with Gasteiger partial charge in [-0.15, -0.1) is 0 Å². The first-order chi connectivity index (χ1) is 10.6. The van der Waals surface area contributed by atoms with Gasteiger partial charge in [-0.25, -0.2) is 4.79 Å². The fraction of sp³-hybridized carbons (Fsp3) is 0.0588. The van der Waals surface area contributed by atoms with Gasteiger partial charge in [0, 0.05) is 16.4 Å². The molecule has 0 unspecified atom stereocenters. The molecule has 0 aliphatic rings. The van der Waals surface area contributed by atoms with E-state index in [1.807, 2.05) is 24.3 Å². The summed E-state index contributed by atoms with van der Waals surface area (Å²) in [4.78, 5) is 11.5. The fourth-order valence-electron chi connectivity index (χ4n) is 2.52. The monoisotopic (exact) mass is 354 g/mol. The van der Waals surface area contributed by atoms with E-state index in [0.29, 0.717) is 12.1 Å². The Morgan fingerprint density at radius 3 is 2.73 bits per heavy atom. The summed E-state index contributed by atoms with van der Waals surface area (Å²) in [5.41, 5.74) is 2.52. The lowest BCUT2D eigenvalue weighted by Gasteiger charge is -2.09. The summed E-state index contributed by atoms with van der Waals surface area (Å²) in [6, 6.07) is 16.6. The number of fused-ring (bicyclic) bond motifs is 1. The number of carboxylic acids is 1. The molecule has 0 saturated carbocycles. The summed E-state index contributed by atoms with van der Waals surface area (Å²) in [6.07, 6.45) is 0. The molecule has 3 rings (SSSR count). The second-order valence-corrected chi connectivity index (χ2v) is 5.76. The molecule has 2 aromatic carbocycles. The van der Waals surface area contributed by atoms with Crippen molar-refractivity contribution in [2.75, 3.05) is 0 Å². The molecular weight excluding hydrogens is 344 g/mol. The number of carboxylic acid groups (broad SMARTS) is 1. The number of aromatic carboxylic acids is 1. The van der Waals surface area contributed by atoms with Crippen LogP contribution in [0.3, 0.4) is 0 Å². The third-order valence-electron chi connectivity index (χ3n) is 3.51. The van der Waals surface area contributed by atoms with E-state index in [2.05, 4.69) is 22.0 Å². The Kier molecular flexibility index (Phi) is 3.70. The summed E-state index contributed by atoms with van der Waals surface area (Å²) >= 11 is 3.45. The number of aromatic nitrogens is 1. The first kappa shape index (κ1) is 14.4. The minimum Gasteiger partial charge on any atom is -0.477 e. The molecule has 108 valence electrons. The van der Waals surface area contributed by atoms with Crippen molar-refractivity contribution >= 4 is 32.8 Å². The molecule has 0 atom stereocenters. The minimum absolute atomic E-state index is 0.226. The predicted molar refractivity (Wildman–Crippen MR) is 86.9 cm³/mol. The molecule has 0 spiro atoms. The van der Waals surface area contributed by atoms with Gasteiger partial charge in [-0.05, 0) is 35.9 Å². The number of nitriles is 1. The first-order valence-electron chi connectivity index (χ1n) is 6.60. The number of carbonyl (C=O) groups is 1. The third kappa shape index (κ3) is 2.49. The van der Waals surface area contributed by atoms with Crippen molar-refractivity contribution in [3.8, 4) is 6.07 Å². The van der Waals surface area contributed by atoms with Gasteiger partial charge in [0.25, 0.3) is 0 Å². The van der Waals surface area contributed by atoms with Gasteiger partial charge in [-0.3, -0.25) is 0 Å². The second kappa shape index (κ2) is 5.66. The highest BCUT2D eigenvalue weighted by Gasteiger charge is 2.16. The van der Waals surface area contributed by atoms with Crippen LogP contribution in [-0.2, 0) is 6.54 Å². The van der Waals surface area contributed by atoms with E-state index in [4.69, 9.17) is 5.26 Å². The van der Waals surface area contributed by atoms with Crippen LogP contribution in [0, 0.1) is 11.3 Å². The Morgan fingerprint density at radius 1 is 1.23 bits per heavy atom. The van der Waals surface area contributed by atoms with Crippen molar-refractivity contribution < 1.29 is 9.90 Å². The SMILES string of the molecule is N#Cc1cccc(Cn2c(C(=O)O)cc3c(Br)cccc32)c1. The lowest BCUT2D eigenvalue weighted by Crippen LogP contribution is -2.09. The predicted octanol–water partition coefficient (Wildman–Crippen LogP) is 4.02. The Hall–Kier alpha value is -2.58. The highest BCUT2D eigenvalue weighted by molar-refractivity contribution is 9.10. The molecular formula is C17H11BrN2O2. The molecule has 0 amide bonds. The standard InChI is InChI=1S/C17H11BrN2O2/c18-14-5-2-6-15-13(14)8-16(17(21)22)20(15)10-12-4-1-3-11(7-12)9-19/h1-8H,10H2,(H,21,22). The lowest BCUT2D eigenvalue weighted by molar-refractivity contribution is 0.0686. The fourth-order valence-corrected chi connectivity index (χ4v) is 2.99. The van der Waals surface area contributed by atoms with Gasteiger partial charge < -0.3 is 9.67 Å². The average molecular weight is 355 g/mol. The van der Waals surface area contributed by atoms with Crippen molar-refractivity contribution in [3.05, 3.63) is 69.8 Å². The first-order valence-corrected chi connectivity index (χ1v) is 7.39. The van der Waals surface area contributed by atoms with E-state index in [-0.39, 0.29) is 5.69 Å². The molecule has 4 nitrogen and oxygen atoms in total. The van der Waals surface area contributed by atoms with Crippen LogP contribution in [0.2, 0.25) is 0 Å². The zero-order valence-electron chi connectivity index (χ0n) is 11.5. The van der Waals surface area contributed by atoms with Crippen LogP contribution in [0.5, 0.6) is 0 Å². The summed E-state index contributed by atoms with van der Waals surface area (Å²) in [7, 11) is 0. The summed E-state index contributed by atoms with van der Waals surface area (Å²) in [6.45, 7) is 0.400. The molecule has 0 radical (unpaired) electrons. The maximum Gasteiger partial charge on any atom is 0.352 e. The number of rotatable bonds is 3. The smallest absolute Gasteiger partial charge is 0.352 e. The van der Waals surface area contributed by atoms with Gasteiger partial charge in [0.2, 0.25) is 0 Å². The molecule has 0 saturated heterocycles. The number of benzene rings is 2. The largest absolute Gasteiger partial charge is 0.477 e. The lowest BCUT2D eigenvalue weighted by atomic mass is 10.1. The zero-order chi connectivity index (χ0) is 15.7. The Morgan fingerprint density at radius 2 is 2.00 bits per heavy atom. The third-order valence-corrected chi connectivity index (χ3v) is 4.20. The number of hydrogen-bond donors (Lipinski definition) is 1. The van der Waals surface area contributed by atoms with Crippen molar-refractivity contribution in [3.63, 3.8) is 0 Å². The van der Waals surface area contributed by atoms with Crippen molar-refractivity contribution in [1.29, 1.82) is 5.26 Å². The highest BCUT2D eigenvalue weighted by atomic mass is 79.9. The van der Waals surface area contributed by atoms with Crippen LogP contribution in [-0.4, -0.2) is 15.6 Å². The normalized spacial score (nSPS) is 10.5. The molecule has 22 heavy (non-hydrogen) atoms. The highest BCUT2D eigenvalue weighted by Crippen LogP contribution is 2.28. The molecule has 1 N–H and O–H groups in total. The number of hydrogen-bond acceptors (Lipinski definition) is 2. The molecule has 0 aliphatic carbocycles. The number of halogens is 1. The van der Waals surface area contributed by atoms with Gasteiger partial charge in [-0.1, -0.05) is 34.1 Å². The minimum atomic E-state index is -0.973. The molecule has 1 heterocycles. The van der Waals surface area contributed by atoms with Crippen molar-refractivity contribution in [2.24, 2.45) is 0 Å². The summed E-state index contributed by atoms with van der Waals surface area (Å²) in [5, 5.41) is 19.3. The van der Waals surface area contributed by atoms with Crippen LogP contribution in [0.1, 0.15) is 21.6 Å². The Balaban J connectivity index is 2.16. The maximum absolute atomic E-state index is 11.5. The van der Waals surface area contributed by atoms with E-state index >= 15 is 0 Å². The average Bonchev–Trinajstić information content (AvgIpc) is 2.88. The van der Waals surface area contributed by atoms with Gasteiger partial charge >= 0.3 is 5.97 Å². The van der Waals surface area contributed by atoms with Gasteiger partial charge in [0.05, 0.1) is 17.1 Å². The molecule has 1 aromatic heterocycles. The quantitative estimate of drug-likeness (QED) is 0.772. The van der Waals surface area contributed by atoms with E-state index in [9.17, 15) is 9.90 Å². The summed E-state index contributed by atoms with van der Waals surface area (Å²) in [5.74, 6) is -0.973. The van der Waals surface area contributed by atoms with Gasteiger partial charge in [0.15, 0.2) is 0 Å². The number of nitrogens with zero attached hydrogens (tertiary/aromatic N) is 2. The van der Waals surface area contributed by atoms with Crippen LogP contribution in [0.25, 0.3) is 10.9 Å². The molecule has 0 fully saturated rings. The summed E-state index contributed by atoms with van der Waals surface area (Å²) < 4.78 is 2.61. The molecule has 0 bridgehead atoms. The second-order valence-electron chi connectivity index (χ2n) is 4.91. The van der Waals surface area contributed by atoms with Gasteiger partial charge in [0.1, 0.15) is 5.69 Å². The maximum atomic E-state index is 11.5. The van der Waals surface area contributed by atoms with Gasteiger partial charge in [-0.2, -0.15) is 5.26 Å². The Labute approximate surface area is 135 Å². The van der Waals surface area contributed by atoms with E-state index in [1.165, 1.54) is 0 Å². The van der Waals surface area contributed by atoms with Crippen LogP contribution >= 0.6 is 15.9 Å². The topological polar surface area (TPSA) is 66.0 Å². The molecule has 3 aromatic rings. The zero-order valence-corrected chi connectivity index (χ0v) is 13.0. The van der Waals surface area contributed by atoms with Crippen molar-refractivity contribution in [1.82, 2.24) is 4.57 Å². The van der Waals surface area contributed by atoms with Crippen LogP contribution in [0.15, 0.2) is 53.0 Å². The van der Waals surface area contributed by atoms with Crippen LogP contribution in [0.4, 0.5) is 0 Å². The molecule has 5 heteroatoms.